The van der Waals surface area contributed by atoms with E-state index in [-0.39, 0.29) is 11.8 Å². The minimum atomic E-state index is -0.0556. The van der Waals surface area contributed by atoms with Crippen molar-refractivity contribution in [1.82, 2.24) is 4.90 Å². The maximum absolute atomic E-state index is 13.1. The molecule has 27 heavy (non-hydrogen) atoms. The molecule has 1 unspecified atom stereocenters. The molecule has 0 fully saturated rings. The quantitative estimate of drug-likeness (QED) is 0.836. The Hall–Kier alpha value is -3.06. The van der Waals surface area contributed by atoms with Crippen LogP contribution in [0.15, 0.2) is 48.5 Å². The zero-order valence-corrected chi connectivity index (χ0v) is 15.4. The molecule has 0 radical (unpaired) electrons. The summed E-state index contributed by atoms with van der Waals surface area (Å²) in [5.41, 5.74) is 5.44. The van der Waals surface area contributed by atoms with E-state index in [4.69, 9.17) is 10.00 Å². The van der Waals surface area contributed by atoms with E-state index in [0.717, 1.165) is 42.7 Å². The second-order valence-corrected chi connectivity index (χ2v) is 7.11. The lowest BCUT2D eigenvalue weighted by Gasteiger charge is -2.29. The lowest BCUT2D eigenvalue weighted by molar-refractivity contribution is -0.132. The molecule has 4 rings (SSSR count). The van der Waals surface area contributed by atoms with Crippen molar-refractivity contribution in [1.29, 1.82) is 5.26 Å². The summed E-state index contributed by atoms with van der Waals surface area (Å²) in [6, 6.07) is 15.9. The summed E-state index contributed by atoms with van der Waals surface area (Å²) >= 11 is 0. The van der Waals surface area contributed by atoms with E-state index in [0.29, 0.717) is 12.1 Å². The zero-order chi connectivity index (χ0) is 18.8. The molecule has 0 saturated heterocycles. The SMILES string of the molecule is COc1ccc2c(c1)C(C(=O)N1CC=C(c3ccc(C#N)cc3)CC1)CC2. The summed E-state index contributed by atoms with van der Waals surface area (Å²) in [7, 11) is 1.66. The van der Waals surface area contributed by atoms with Gasteiger partial charge < -0.3 is 9.64 Å². The van der Waals surface area contributed by atoms with Crippen molar-refractivity contribution in [2.24, 2.45) is 0 Å². The van der Waals surface area contributed by atoms with Crippen LogP contribution in [-0.4, -0.2) is 31.0 Å². The van der Waals surface area contributed by atoms with E-state index >= 15 is 0 Å². The summed E-state index contributed by atoms with van der Waals surface area (Å²) in [6.45, 7) is 1.38. The molecule has 136 valence electrons. The minimum Gasteiger partial charge on any atom is -0.497 e. The number of hydrogen-bond donors (Lipinski definition) is 0. The van der Waals surface area contributed by atoms with Crippen LogP contribution in [0.1, 0.15) is 41.0 Å². The Kier molecular flexibility index (Phi) is 4.68. The molecule has 4 nitrogen and oxygen atoms in total. The highest BCUT2D eigenvalue weighted by Crippen LogP contribution is 2.37. The largest absolute Gasteiger partial charge is 0.497 e. The second-order valence-electron chi connectivity index (χ2n) is 7.11. The summed E-state index contributed by atoms with van der Waals surface area (Å²) in [6.07, 6.45) is 4.82. The van der Waals surface area contributed by atoms with Gasteiger partial charge in [0.25, 0.3) is 0 Å². The van der Waals surface area contributed by atoms with Gasteiger partial charge in [-0.3, -0.25) is 4.79 Å². The molecule has 0 N–H and O–H groups in total. The highest BCUT2D eigenvalue weighted by Gasteiger charge is 2.32. The van der Waals surface area contributed by atoms with Crippen LogP contribution in [0.4, 0.5) is 0 Å². The fraction of sp³-hybridized carbons (Fsp3) is 0.304. The third kappa shape index (κ3) is 3.33. The van der Waals surface area contributed by atoms with Crippen molar-refractivity contribution >= 4 is 11.5 Å². The average Bonchev–Trinajstić information content (AvgIpc) is 3.16. The number of nitrogens with zero attached hydrogens (tertiary/aromatic N) is 2. The van der Waals surface area contributed by atoms with Crippen LogP contribution in [0.5, 0.6) is 5.75 Å². The molecular formula is C23H22N2O2. The van der Waals surface area contributed by atoms with Gasteiger partial charge in [-0.25, -0.2) is 0 Å². The molecule has 2 aliphatic rings. The number of carbonyl (C=O) groups excluding carboxylic acids is 1. The van der Waals surface area contributed by atoms with Gasteiger partial charge in [-0.1, -0.05) is 24.3 Å². The maximum atomic E-state index is 13.1. The third-order valence-corrected chi connectivity index (χ3v) is 5.63. The first-order valence-electron chi connectivity index (χ1n) is 9.35. The number of ether oxygens (including phenoxy) is 1. The number of fused-ring (bicyclic) bond motifs is 1. The number of carbonyl (C=O) groups is 1. The van der Waals surface area contributed by atoms with Gasteiger partial charge in [-0.05, 0) is 65.8 Å². The molecule has 0 saturated carbocycles. The average molecular weight is 358 g/mol. The first kappa shape index (κ1) is 17.4. The summed E-state index contributed by atoms with van der Waals surface area (Å²) in [5, 5.41) is 8.92. The lowest BCUT2D eigenvalue weighted by atomic mass is 9.96. The molecule has 1 aliphatic carbocycles. The third-order valence-electron chi connectivity index (χ3n) is 5.63. The molecule has 2 aromatic rings. The molecule has 0 bridgehead atoms. The first-order valence-corrected chi connectivity index (χ1v) is 9.35. The predicted octanol–water partition coefficient (Wildman–Crippen LogP) is 3.91. The number of nitriles is 1. The van der Waals surface area contributed by atoms with Crippen molar-refractivity contribution in [2.45, 2.75) is 25.2 Å². The Labute approximate surface area is 159 Å². The standard InChI is InChI=1S/C23H22N2O2/c1-27-20-8-6-19-7-9-21(22(19)14-20)23(26)25-12-10-18(11-13-25)17-4-2-16(15-24)3-5-17/h2-6,8,10,14,21H,7,9,11-13H2,1H3. The van der Waals surface area contributed by atoms with Gasteiger partial charge in [0.2, 0.25) is 5.91 Å². The number of hydrogen-bond acceptors (Lipinski definition) is 3. The minimum absolute atomic E-state index is 0.0556. The predicted molar refractivity (Wildman–Crippen MR) is 104 cm³/mol. The molecular weight excluding hydrogens is 336 g/mol. The monoisotopic (exact) mass is 358 g/mol. The number of rotatable bonds is 3. The summed E-state index contributed by atoms with van der Waals surface area (Å²) in [4.78, 5) is 15.1. The van der Waals surface area contributed by atoms with E-state index in [1.807, 2.05) is 41.3 Å². The van der Waals surface area contributed by atoms with Gasteiger partial charge in [0.05, 0.1) is 24.7 Å². The van der Waals surface area contributed by atoms with Crippen LogP contribution in [-0.2, 0) is 11.2 Å². The van der Waals surface area contributed by atoms with Crippen molar-refractivity contribution in [3.05, 3.63) is 70.8 Å². The molecule has 1 amide bonds. The van der Waals surface area contributed by atoms with E-state index in [1.54, 1.807) is 7.11 Å². The van der Waals surface area contributed by atoms with E-state index < -0.39 is 0 Å². The molecule has 1 atom stereocenters. The molecule has 1 aliphatic heterocycles. The highest BCUT2D eigenvalue weighted by molar-refractivity contribution is 5.86. The van der Waals surface area contributed by atoms with E-state index in [9.17, 15) is 4.79 Å². The lowest BCUT2D eigenvalue weighted by Crippen LogP contribution is -2.37. The zero-order valence-electron chi connectivity index (χ0n) is 15.4. The fourth-order valence-electron chi connectivity index (χ4n) is 4.07. The van der Waals surface area contributed by atoms with Crippen LogP contribution in [0.3, 0.4) is 0 Å². The van der Waals surface area contributed by atoms with Gasteiger partial charge in [0, 0.05) is 13.1 Å². The Morgan fingerprint density at radius 1 is 1.19 bits per heavy atom. The molecule has 1 heterocycles. The van der Waals surface area contributed by atoms with Crippen LogP contribution >= 0.6 is 0 Å². The summed E-state index contributed by atoms with van der Waals surface area (Å²) in [5.74, 6) is 0.979. The fourth-order valence-corrected chi connectivity index (χ4v) is 4.07. The normalized spacial score (nSPS) is 18.4. The van der Waals surface area contributed by atoms with Gasteiger partial charge >= 0.3 is 0 Å². The van der Waals surface area contributed by atoms with Crippen molar-refractivity contribution in [2.75, 3.05) is 20.2 Å². The molecule has 0 spiro atoms. The Morgan fingerprint density at radius 2 is 2.00 bits per heavy atom. The number of methoxy groups -OCH3 is 1. The molecule has 0 aromatic heterocycles. The topological polar surface area (TPSA) is 53.3 Å². The number of aryl methyl sites for hydroxylation is 1. The molecule has 2 aromatic carbocycles. The van der Waals surface area contributed by atoms with Crippen LogP contribution in [0, 0.1) is 11.3 Å². The Balaban J connectivity index is 1.48. The van der Waals surface area contributed by atoms with Crippen molar-refractivity contribution in [3.8, 4) is 11.8 Å². The van der Waals surface area contributed by atoms with Gasteiger partial charge in [0.15, 0.2) is 0 Å². The molecule has 4 heteroatoms. The maximum Gasteiger partial charge on any atom is 0.230 e. The van der Waals surface area contributed by atoms with E-state index in [1.165, 1.54) is 11.1 Å². The highest BCUT2D eigenvalue weighted by atomic mass is 16.5. The van der Waals surface area contributed by atoms with Crippen LogP contribution in [0.25, 0.3) is 5.57 Å². The number of benzene rings is 2. The smallest absolute Gasteiger partial charge is 0.230 e. The van der Waals surface area contributed by atoms with E-state index in [2.05, 4.69) is 18.2 Å². The summed E-state index contributed by atoms with van der Waals surface area (Å²) < 4.78 is 5.34. The van der Waals surface area contributed by atoms with Gasteiger partial charge in [-0.2, -0.15) is 5.26 Å². The van der Waals surface area contributed by atoms with Crippen LogP contribution in [0.2, 0.25) is 0 Å². The van der Waals surface area contributed by atoms with Crippen molar-refractivity contribution < 1.29 is 9.53 Å². The van der Waals surface area contributed by atoms with Gasteiger partial charge in [0.1, 0.15) is 5.75 Å². The second kappa shape index (κ2) is 7.28. The van der Waals surface area contributed by atoms with Crippen LogP contribution < -0.4 is 4.74 Å². The number of amides is 1. The van der Waals surface area contributed by atoms with Crippen molar-refractivity contribution in [3.63, 3.8) is 0 Å². The first-order chi connectivity index (χ1) is 13.2. The van der Waals surface area contributed by atoms with Gasteiger partial charge in [-0.15, -0.1) is 0 Å². The Morgan fingerprint density at radius 3 is 2.67 bits per heavy atom. The Bertz CT molecular complexity index is 938.